The van der Waals surface area contributed by atoms with E-state index in [1.807, 2.05) is 0 Å². The molecule has 0 bridgehead atoms. The number of rotatable bonds is 5. The molecule has 0 radical (unpaired) electrons. The van der Waals surface area contributed by atoms with E-state index in [9.17, 15) is 17.6 Å². The average Bonchev–Trinajstić information content (AvgIpc) is 2.54. The van der Waals surface area contributed by atoms with Crippen LogP contribution < -0.4 is 0 Å². The summed E-state index contributed by atoms with van der Waals surface area (Å²) in [5.41, 5.74) is 0. The number of halogens is 4. The van der Waals surface area contributed by atoms with Gasteiger partial charge in [-0.1, -0.05) is 25.0 Å². The number of hydrogen-bond acceptors (Lipinski definition) is 0. The van der Waals surface area contributed by atoms with E-state index >= 15 is 0 Å². The van der Waals surface area contributed by atoms with E-state index in [4.69, 9.17) is 0 Å². The summed E-state index contributed by atoms with van der Waals surface area (Å²) < 4.78 is 50.5. The lowest BCUT2D eigenvalue weighted by atomic mass is 9.68. The van der Waals surface area contributed by atoms with E-state index < -0.39 is 17.9 Å². The van der Waals surface area contributed by atoms with Crippen molar-refractivity contribution >= 4 is 0 Å². The molecule has 0 aliphatic heterocycles. The molecule has 0 heterocycles. The second-order valence-corrected chi connectivity index (χ2v) is 7.61. The van der Waals surface area contributed by atoms with Gasteiger partial charge in [-0.2, -0.15) is 13.2 Å². The zero-order valence-electron chi connectivity index (χ0n) is 14.6. The summed E-state index contributed by atoms with van der Waals surface area (Å²) in [5.74, 6) is 0.657. The molecule has 24 heavy (non-hydrogen) atoms. The van der Waals surface area contributed by atoms with E-state index in [-0.39, 0.29) is 6.08 Å². The van der Waals surface area contributed by atoms with Gasteiger partial charge in [-0.3, -0.25) is 0 Å². The van der Waals surface area contributed by atoms with E-state index in [1.165, 1.54) is 38.5 Å². The van der Waals surface area contributed by atoms with Crippen molar-refractivity contribution in [2.45, 2.75) is 77.3 Å². The Balaban J connectivity index is 1.73. The average molecular weight is 346 g/mol. The van der Waals surface area contributed by atoms with Crippen LogP contribution in [-0.4, -0.2) is 6.18 Å². The summed E-state index contributed by atoms with van der Waals surface area (Å²) >= 11 is 0. The summed E-state index contributed by atoms with van der Waals surface area (Å²) in [7, 11) is 0. The molecule has 2 rings (SSSR count). The Morgan fingerprint density at radius 2 is 1.46 bits per heavy atom. The fourth-order valence-electron chi connectivity index (χ4n) is 4.59. The molecule has 0 N–H and O–H groups in total. The topological polar surface area (TPSA) is 0 Å². The molecule has 0 aromatic carbocycles. The minimum atomic E-state index is -4.54. The molecule has 0 amide bonds. The van der Waals surface area contributed by atoms with Gasteiger partial charge in [0.1, 0.15) is 5.83 Å². The molecule has 2 aliphatic carbocycles. The summed E-state index contributed by atoms with van der Waals surface area (Å²) in [4.78, 5) is 0. The first-order chi connectivity index (χ1) is 11.4. The van der Waals surface area contributed by atoms with Crippen LogP contribution >= 0.6 is 0 Å². The van der Waals surface area contributed by atoms with Crippen LogP contribution in [0.3, 0.4) is 0 Å². The van der Waals surface area contributed by atoms with Crippen LogP contribution in [0.15, 0.2) is 24.1 Å². The molecule has 0 atom stereocenters. The Hall–Kier alpha value is -0.800. The highest BCUT2D eigenvalue weighted by atomic mass is 19.4. The van der Waals surface area contributed by atoms with Crippen LogP contribution in [0, 0.1) is 23.7 Å². The Bertz CT molecular complexity index is 419. The van der Waals surface area contributed by atoms with Crippen molar-refractivity contribution in [2.24, 2.45) is 23.7 Å². The third kappa shape index (κ3) is 6.25. The van der Waals surface area contributed by atoms with E-state index in [0.29, 0.717) is 24.7 Å². The smallest absolute Gasteiger partial charge is 0.212 e. The van der Waals surface area contributed by atoms with Crippen LogP contribution in [0.4, 0.5) is 17.6 Å². The van der Waals surface area contributed by atoms with Crippen molar-refractivity contribution in [3.63, 3.8) is 0 Å². The van der Waals surface area contributed by atoms with E-state index in [0.717, 1.165) is 18.8 Å². The van der Waals surface area contributed by atoms with Crippen LogP contribution in [0.25, 0.3) is 0 Å². The fraction of sp³-hybridized carbons (Fsp3) is 0.800. The molecular formula is C20H30F4. The van der Waals surface area contributed by atoms with Crippen LogP contribution in [0.2, 0.25) is 0 Å². The lowest BCUT2D eigenvalue weighted by Crippen LogP contribution is -2.26. The maximum atomic E-state index is 13.7. The highest BCUT2D eigenvalue weighted by Crippen LogP contribution is 2.44. The number of alkyl halides is 3. The lowest BCUT2D eigenvalue weighted by molar-refractivity contribution is -0.0821. The minimum Gasteiger partial charge on any atom is -0.212 e. The van der Waals surface area contributed by atoms with E-state index in [1.54, 1.807) is 0 Å². The van der Waals surface area contributed by atoms with Crippen LogP contribution in [0.1, 0.15) is 71.1 Å². The van der Waals surface area contributed by atoms with Gasteiger partial charge in [-0.25, -0.2) is 4.39 Å². The minimum absolute atomic E-state index is 0.145. The zero-order chi connectivity index (χ0) is 17.6. The molecular weight excluding hydrogens is 316 g/mol. The molecule has 0 unspecified atom stereocenters. The van der Waals surface area contributed by atoms with Gasteiger partial charge in [0, 0.05) is 5.92 Å². The molecule has 0 spiro atoms. The summed E-state index contributed by atoms with van der Waals surface area (Å²) in [6.07, 6.45) is 10.1. The van der Waals surface area contributed by atoms with Gasteiger partial charge >= 0.3 is 6.18 Å². The highest BCUT2D eigenvalue weighted by Gasteiger charge is 2.33. The first-order valence-corrected chi connectivity index (χ1v) is 9.45. The maximum Gasteiger partial charge on any atom is 0.412 e. The molecule has 4 heteroatoms. The summed E-state index contributed by atoms with van der Waals surface area (Å²) in [6.45, 7) is 2.06. The Morgan fingerprint density at radius 1 is 0.917 bits per heavy atom. The predicted octanol–water partition coefficient (Wildman–Crippen LogP) is 7.37. The second kappa shape index (κ2) is 9.05. The van der Waals surface area contributed by atoms with Crippen LogP contribution in [-0.2, 0) is 0 Å². The third-order valence-electron chi connectivity index (χ3n) is 6.00. The van der Waals surface area contributed by atoms with Crippen LogP contribution in [0.5, 0.6) is 0 Å². The van der Waals surface area contributed by atoms with Gasteiger partial charge in [0.25, 0.3) is 0 Å². The van der Waals surface area contributed by atoms with E-state index in [2.05, 4.69) is 19.1 Å². The maximum absolute atomic E-state index is 13.7. The summed E-state index contributed by atoms with van der Waals surface area (Å²) in [5, 5.41) is 0. The third-order valence-corrected chi connectivity index (χ3v) is 6.00. The molecule has 2 aliphatic rings. The standard InChI is InChI=1S/C20H30F4/c1-2-3-4-5-15-6-8-16(9-7-15)17-10-12-18(13-11-17)19(21)14-20(22,23)24/h2-3,14-18H,4-13H2,1H3. The van der Waals surface area contributed by atoms with Crippen molar-refractivity contribution in [3.05, 3.63) is 24.1 Å². The Labute approximate surface area is 143 Å². The van der Waals surface area contributed by atoms with Gasteiger partial charge in [0.05, 0.1) is 6.08 Å². The molecule has 138 valence electrons. The first kappa shape index (κ1) is 19.5. The van der Waals surface area contributed by atoms with Crippen molar-refractivity contribution < 1.29 is 17.6 Å². The Morgan fingerprint density at radius 3 is 1.96 bits per heavy atom. The van der Waals surface area contributed by atoms with Crippen molar-refractivity contribution in [3.8, 4) is 0 Å². The van der Waals surface area contributed by atoms with Gasteiger partial charge in [0.15, 0.2) is 0 Å². The largest absolute Gasteiger partial charge is 0.412 e. The molecule has 0 aromatic rings. The van der Waals surface area contributed by atoms with Crippen molar-refractivity contribution in [1.82, 2.24) is 0 Å². The lowest BCUT2D eigenvalue weighted by Gasteiger charge is -2.37. The van der Waals surface area contributed by atoms with Gasteiger partial charge < -0.3 is 0 Å². The summed E-state index contributed by atoms with van der Waals surface area (Å²) in [6, 6.07) is 0. The quantitative estimate of drug-likeness (QED) is 0.360. The molecule has 2 saturated carbocycles. The monoisotopic (exact) mass is 346 g/mol. The number of hydrogen-bond donors (Lipinski definition) is 0. The number of allylic oxidation sites excluding steroid dienone is 4. The molecule has 2 fully saturated rings. The normalized spacial score (nSPS) is 33.1. The van der Waals surface area contributed by atoms with Crippen molar-refractivity contribution in [2.75, 3.05) is 0 Å². The van der Waals surface area contributed by atoms with Gasteiger partial charge in [0.2, 0.25) is 0 Å². The zero-order valence-corrected chi connectivity index (χ0v) is 14.6. The predicted molar refractivity (Wildman–Crippen MR) is 90.2 cm³/mol. The SMILES string of the molecule is CC=CCCC1CCC(C2CCC(C(F)=CC(F)(F)F)CC2)CC1. The molecule has 0 saturated heterocycles. The van der Waals surface area contributed by atoms with Crippen molar-refractivity contribution in [1.29, 1.82) is 0 Å². The second-order valence-electron chi connectivity index (χ2n) is 7.61. The molecule has 0 nitrogen and oxygen atoms in total. The highest BCUT2D eigenvalue weighted by molar-refractivity contribution is 5.03. The Kier molecular flexibility index (Phi) is 7.36. The van der Waals surface area contributed by atoms with Gasteiger partial charge in [-0.05, 0) is 76.0 Å². The first-order valence-electron chi connectivity index (χ1n) is 9.45. The molecule has 0 aromatic heterocycles. The van der Waals surface area contributed by atoms with Gasteiger partial charge in [-0.15, -0.1) is 0 Å². The fourth-order valence-corrected chi connectivity index (χ4v) is 4.59.